The average molecular weight is 368 g/mol. The zero-order valence-corrected chi connectivity index (χ0v) is 15.1. The molecular formula is C19H20N4O2S. The second-order valence-corrected chi connectivity index (χ2v) is 7.26. The van der Waals surface area contributed by atoms with Crippen molar-refractivity contribution >= 4 is 17.2 Å². The molecule has 3 aromatic rings. The highest BCUT2D eigenvalue weighted by atomic mass is 32.1. The maximum absolute atomic E-state index is 12.1. The van der Waals surface area contributed by atoms with E-state index in [0.29, 0.717) is 24.7 Å². The summed E-state index contributed by atoms with van der Waals surface area (Å²) < 4.78 is 5.35. The van der Waals surface area contributed by atoms with Gasteiger partial charge in [-0.2, -0.15) is 16.3 Å². The molecule has 1 atom stereocenters. The minimum Gasteiger partial charge on any atom is -0.352 e. The van der Waals surface area contributed by atoms with E-state index in [1.807, 2.05) is 47.2 Å². The number of amides is 1. The highest BCUT2D eigenvalue weighted by molar-refractivity contribution is 7.08. The summed E-state index contributed by atoms with van der Waals surface area (Å²) >= 11 is 1.62. The van der Waals surface area contributed by atoms with Crippen LogP contribution < -0.4 is 5.32 Å². The van der Waals surface area contributed by atoms with E-state index in [1.54, 1.807) is 11.3 Å². The van der Waals surface area contributed by atoms with Gasteiger partial charge in [0, 0.05) is 24.7 Å². The molecule has 1 fully saturated rings. The number of carbonyl (C=O) groups excluding carboxylic acids is 1. The number of likely N-dealkylation sites (tertiary alicyclic amines) is 1. The molecule has 1 unspecified atom stereocenters. The van der Waals surface area contributed by atoms with Crippen LogP contribution in [0, 0.1) is 0 Å². The number of nitrogens with one attached hydrogen (secondary N) is 1. The second-order valence-electron chi connectivity index (χ2n) is 6.48. The monoisotopic (exact) mass is 368 g/mol. The molecular weight excluding hydrogens is 348 g/mol. The van der Waals surface area contributed by atoms with Crippen molar-refractivity contribution in [2.24, 2.45) is 0 Å². The first-order valence-corrected chi connectivity index (χ1v) is 9.61. The Morgan fingerprint density at radius 3 is 3.00 bits per heavy atom. The number of hydrogen-bond donors (Lipinski definition) is 1. The molecule has 4 rings (SSSR count). The van der Waals surface area contributed by atoms with E-state index in [2.05, 4.69) is 20.4 Å². The summed E-state index contributed by atoms with van der Waals surface area (Å²) in [4.78, 5) is 18.8. The number of thiophene rings is 1. The predicted molar refractivity (Wildman–Crippen MR) is 99.6 cm³/mol. The molecule has 1 amide bonds. The van der Waals surface area contributed by atoms with Crippen LogP contribution in [-0.2, 0) is 17.8 Å². The molecule has 6 nitrogen and oxygen atoms in total. The lowest BCUT2D eigenvalue weighted by atomic mass is 10.2. The Bertz CT molecular complexity index is 848. The molecule has 1 aliphatic heterocycles. The van der Waals surface area contributed by atoms with Gasteiger partial charge in [0.15, 0.2) is 5.82 Å². The lowest BCUT2D eigenvalue weighted by Gasteiger charge is -2.14. The van der Waals surface area contributed by atoms with Gasteiger partial charge in [0.1, 0.15) is 0 Å². The number of hydrogen-bond acceptors (Lipinski definition) is 6. The van der Waals surface area contributed by atoms with E-state index in [4.69, 9.17) is 4.52 Å². The summed E-state index contributed by atoms with van der Waals surface area (Å²) in [5, 5.41) is 11.2. The van der Waals surface area contributed by atoms with Gasteiger partial charge < -0.3 is 9.84 Å². The summed E-state index contributed by atoms with van der Waals surface area (Å²) in [6, 6.07) is 11.9. The highest BCUT2D eigenvalue weighted by Crippen LogP contribution is 2.18. The number of rotatable bonds is 6. The fourth-order valence-electron chi connectivity index (χ4n) is 3.17. The minimum absolute atomic E-state index is 0.0844. The first kappa shape index (κ1) is 16.9. The van der Waals surface area contributed by atoms with Crippen LogP contribution in [0.15, 0.2) is 51.7 Å². The molecule has 0 saturated carbocycles. The molecule has 1 aromatic carbocycles. The lowest BCUT2D eigenvalue weighted by Crippen LogP contribution is -2.37. The van der Waals surface area contributed by atoms with Crippen LogP contribution in [0.1, 0.15) is 17.8 Å². The number of nitrogens with zero attached hydrogens (tertiary/aromatic N) is 3. The summed E-state index contributed by atoms with van der Waals surface area (Å²) in [6.07, 6.45) is 1.39. The molecule has 26 heavy (non-hydrogen) atoms. The standard InChI is InChI=1S/C19H20N4O2S/c24-18(10-14-7-9-26-13-14)20-16-6-8-23(11-16)12-17-21-19(25-22-17)15-4-2-1-3-5-15/h1-5,7,9,13,16H,6,8,10-12H2,(H,20,24). The summed E-state index contributed by atoms with van der Waals surface area (Å²) in [5.41, 5.74) is 1.99. The van der Waals surface area contributed by atoms with Crippen LogP contribution in [0.5, 0.6) is 0 Å². The van der Waals surface area contributed by atoms with Crippen LogP contribution in [0.25, 0.3) is 11.5 Å². The van der Waals surface area contributed by atoms with Crippen LogP contribution in [0.4, 0.5) is 0 Å². The van der Waals surface area contributed by atoms with Gasteiger partial charge in [0.25, 0.3) is 5.89 Å². The average Bonchev–Trinajstić information content (AvgIpc) is 3.39. The Morgan fingerprint density at radius 1 is 1.31 bits per heavy atom. The molecule has 134 valence electrons. The van der Waals surface area contributed by atoms with E-state index < -0.39 is 0 Å². The molecule has 1 aliphatic rings. The summed E-state index contributed by atoms with van der Waals surface area (Å²) in [5.74, 6) is 1.30. The van der Waals surface area contributed by atoms with Crippen molar-refractivity contribution in [2.45, 2.75) is 25.4 Å². The van der Waals surface area contributed by atoms with Gasteiger partial charge >= 0.3 is 0 Å². The van der Waals surface area contributed by atoms with Crippen LogP contribution in [0.2, 0.25) is 0 Å². The third-order valence-corrected chi connectivity index (χ3v) is 5.17. The molecule has 2 aromatic heterocycles. The normalized spacial score (nSPS) is 17.5. The fourth-order valence-corrected chi connectivity index (χ4v) is 3.84. The first-order valence-electron chi connectivity index (χ1n) is 8.67. The van der Waals surface area contributed by atoms with E-state index in [1.165, 1.54) is 0 Å². The van der Waals surface area contributed by atoms with Gasteiger partial charge in [-0.3, -0.25) is 9.69 Å². The summed E-state index contributed by atoms with van der Waals surface area (Å²) in [6.45, 7) is 2.36. The lowest BCUT2D eigenvalue weighted by molar-refractivity contribution is -0.121. The van der Waals surface area contributed by atoms with Crippen molar-refractivity contribution in [3.05, 3.63) is 58.5 Å². The smallest absolute Gasteiger partial charge is 0.257 e. The quantitative estimate of drug-likeness (QED) is 0.724. The zero-order valence-electron chi connectivity index (χ0n) is 14.3. The van der Waals surface area contributed by atoms with Gasteiger partial charge in [-0.15, -0.1) is 0 Å². The maximum atomic E-state index is 12.1. The molecule has 0 bridgehead atoms. The van der Waals surface area contributed by atoms with E-state index in [-0.39, 0.29) is 11.9 Å². The largest absolute Gasteiger partial charge is 0.352 e. The molecule has 0 radical (unpaired) electrons. The van der Waals surface area contributed by atoms with Crippen LogP contribution in [-0.4, -0.2) is 40.1 Å². The Labute approximate surface area is 155 Å². The van der Waals surface area contributed by atoms with Crippen molar-refractivity contribution in [2.75, 3.05) is 13.1 Å². The summed E-state index contributed by atoms with van der Waals surface area (Å²) in [7, 11) is 0. The van der Waals surface area contributed by atoms with Crippen molar-refractivity contribution in [1.29, 1.82) is 0 Å². The third-order valence-electron chi connectivity index (χ3n) is 4.44. The SMILES string of the molecule is O=C(Cc1ccsc1)NC1CCN(Cc2noc(-c3ccccc3)n2)C1. The predicted octanol–water partition coefficient (Wildman–Crippen LogP) is 2.73. The van der Waals surface area contributed by atoms with Crippen molar-refractivity contribution in [3.8, 4) is 11.5 Å². The molecule has 7 heteroatoms. The maximum Gasteiger partial charge on any atom is 0.257 e. The van der Waals surface area contributed by atoms with Crippen molar-refractivity contribution < 1.29 is 9.32 Å². The van der Waals surface area contributed by atoms with E-state index in [9.17, 15) is 4.79 Å². The van der Waals surface area contributed by atoms with Crippen LogP contribution in [0.3, 0.4) is 0 Å². The zero-order chi connectivity index (χ0) is 17.8. The van der Waals surface area contributed by atoms with Crippen LogP contribution >= 0.6 is 11.3 Å². The van der Waals surface area contributed by atoms with Gasteiger partial charge in [-0.05, 0) is 40.9 Å². The van der Waals surface area contributed by atoms with E-state index in [0.717, 1.165) is 30.6 Å². The fraction of sp³-hybridized carbons (Fsp3) is 0.316. The number of carbonyl (C=O) groups is 1. The highest BCUT2D eigenvalue weighted by Gasteiger charge is 2.25. The minimum atomic E-state index is 0.0844. The van der Waals surface area contributed by atoms with Gasteiger partial charge in [-0.25, -0.2) is 0 Å². The molecule has 3 heterocycles. The van der Waals surface area contributed by atoms with Crippen molar-refractivity contribution in [1.82, 2.24) is 20.4 Å². The Balaban J connectivity index is 1.28. The Hall–Kier alpha value is -2.51. The molecule has 1 N–H and O–H groups in total. The topological polar surface area (TPSA) is 71.3 Å². The van der Waals surface area contributed by atoms with Gasteiger partial charge in [0.2, 0.25) is 5.91 Å². The second kappa shape index (κ2) is 7.80. The van der Waals surface area contributed by atoms with Gasteiger partial charge in [-0.1, -0.05) is 23.4 Å². The number of benzene rings is 1. The van der Waals surface area contributed by atoms with Gasteiger partial charge in [0.05, 0.1) is 13.0 Å². The third kappa shape index (κ3) is 4.17. The Kier molecular flexibility index (Phi) is 5.08. The molecule has 0 aliphatic carbocycles. The molecule has 0 spiro atoms. The number of aromatic nitrogens is 2. The van der Waals surface area contributed by atoms with Crippen molar-refractivity contribution in [3.63, 3.8) is 0 Å². The molecule has 1 saturated heterocycles. The Morgan fingerprint density at radius 2 is 2.19 bits per heavy atom. The first-order chi connectivity index (χ1) is 12.8. The van der Waals surface area contributed by atoms with E-state index >= 15 is 0 Å².